The number of carbonyl (C=O) groups is 3. The normalized spacial score (nSPS) is 24.4. The van der Waals surface area contributed by atoms with Gasteiger partial charge in [-0.05, 0) is 26.8 Å². The van der Waals surface area contributed by atoms with Gasteiger partial charge in [-0.1, -0.05) is 6.08 Å². The number of ketones is 1. The molecule has 1 aliphatic rings. The second kappa shape index (κ2) is 7.86. The average molecular weight is 312 g/mol. The molecule has 2 N–H and O–H groups in total. The van der Waals surface area contributed by atoms with Gasteiger partial charge in [0.05, 0.1) is 0 Å². The summed E-state index contributed by atoms with van der Waals surface area (Å²) in [5, 5.41) is 19.2. The molecule has 122 valence electrons. The number of Topliss-reactive ketones (excluding diaryl/α,β-unsaturated/α-hetero) is 1. The SMILES string of the molecule is CC=C(C)C(=O)OC1C=CC(=O)OC1C(O)CC(=O)C(C)O. The first-order valence-electron chi connectivity index (χ1n) is 6.87. The minimum Gasteiger partial charge on any atom is -0.452 e. The van der Waals surface area contributed by atoms with Crippen LogP contribution in [0.1, 0.15) is 27.2 Å². The highest BCUT2D eigenvalue weighted by atomic mass is 16.6. The van der Waals surface area contributed by atoms with Crippen molar-refractivity contribution in [1.29, 1.82) is 0 Å². The van der Waals surface area contributed by atoms with Crippen LogP contribution in [0.25, 0.3) is 0 Å². The van der Waals surface area contributed by atoms with E-state index in [4.69, 9.17) is 14.6 Å². The second-order valence-corrected chi connectivity index (χ2v) is 5.02. The fourth-order valence-electron chi connectivity index (χ4n) is 1.75. The molecule has 0 fully saturated rings. The number of cyclic esters (lactones) is 1. The number of carbonyl (C=O) groups excluding carboxylic acids is 3. The molecule has 0 radical (unpaired) electrons. The first-order valence-corrected chi connectivity index (χ1v) is 6.87. The summed E-state index contributed by atoms with van der Waals surface area (Å²) in [5.74, 6) is -1.93. The molecule has 1 heterocycles. The summed E-state index contributed by atoms with van der Waals surface area (Å²) in [6, 6.07) is 0. The van der Waals surface area contributed by atoms with Crippen LogP contribution in [0.3, 0.4) is 0 Å². The fourth-order valence-corrected chi connectivity index (χ4v) is 1.75. The van der Waals surface area contributed by atoms with Crippen LogP contribution in [-0.2, 0) is 23.9 Å². The number of aliphatic hydroxyl groups excluding tert-OH is 2. The molecule has 0 spiro atoms. The van der Waals surface area contributed by atoms with E-state index in [-0.39, 0.29) is 0 Å². The van der Waals surface area contributed by atoms with Crippen molar-refractivity contribution in [2.45, 2.75) is 51.6 Å². The van der Waals surface area contributed by atoms with Crippen LogP contribution in [0.4, 0.5) is 0 Å². The molecule has 1 aliphatic heterocycles. The van der Waals surface area contributed by atoms with Crippen LogP contribution in [0.5, 0.6) is 0 Å². The summed E-state index contributed by atoms with van der Waals surface area (Å²) < 4.78 is 10.1. The molecule has 0 aromatic rings. The van der Waals surface area contributed by atoms with Gasteiger partial charge in [0.15, 0.2) is 18.0 Å². The van der Waals surface area contributed by atoms with E-state index in [2.05, 4.69) is 0 Å². The summed E-state index contributed by atoms with van der Waals surface area (Å²) in [5.41, 5.74) is 0.360. The predicted molar refractivity (Wildman–Crippen MR) is 75.6 cm³/mol. The van der Waals surface area contributed by atoms with E-state index in [0.717, 1.165) is 6.08 Å². The van der Waals surface area contributed by atoms with Crippen LogP contribution in [0.2, 0.25) is 0 Å². The summed E-state index contributed by atoms with van der Waals surface area (Å²) in [4.78, 5) is 34.6. The zero-order valence-electron chi connectivity index (χ0n) is 12.7. The third-order valence-corrected chi connectivity index (χ3v) is 3.25. The lowest BCUT2D eigenvalue weighted by atomic mass is 9.99. The van der Waals surface area contributed by atoms with Crippen molar-refractivity contribution in [3.63, 3.8) is 0 Å². The molecule has 0 saturated heterocycles. The van der Waals surface area contributed by atoms with Crippen LogP contribution in [-0.4, -0.2) is 52.4 Å². The number of aliphatic hydroxyl groups is 2. The number of hydrogen-bond donors (Lipinski definition) is 2. The highest BCUT2D eigenvalue weighted by molar-refractivity contribution is 5.88. The molecule has 4 unspecified atom stereocenters. The summed E-state index contributed by atoms with van der Waals surface area (Å²) in [6.45, 7) is 4.50. The predicted octanol–water partition coefficient (Wildman–Crippen LogP) is 0.0469. The van der Waals surface area contributed by atoms with E-state index in [1.165, 1.54) is 13.0 Å². The topological polar surface area (TPSA) is 110 Å². The Bertz CT molecular complexity index is 504. The molecule has 0 aromatic carbocycles. The third-order valence-electron chi connectivity index (χ3n) is 3.25. The van der Waals surface area contributed by atoms with Gasteiger partial charge in [0.2, 0.25) is 0 Å². The molecule has 1 rings (SSSR count). The molecular formula is C15H20O7. The largest absolute Gasteiger partial charge is 0.452 e. The molecular weight excluding hydrogens is 292 g/mol. The summed E-state index contributed by atoms with van der Waals surface area (Å²) in [6.07, 6.45) is -1.31. The van der Waals surface area contributed by atoms with Crippen molar-refractivity contribution in [3.05, 3.63) is 23.8 Å². The van der Waals surface area contributed by atoms with E-state index < -0.39 is 48.6 Å². The number of ether oxygens (including phenoxy) is 2. The first kappa shape index (κ1) is 18.1. The van der Waals surface area contributed by atoms with E-state index >= 15 is 0 Å². The zero-order chi connectivity index (χ0) is 16.9. The Morgan fingerprint density at radius 2 is 2.09 bits per heavy atom. The highest BCUT2D eigenvalue weighted by Gasteiger charge is 2.37. The van der Waals surface area contributed by atoms with Gasteiger partial charge in [0, 0.05) is 18.1 Å². The molecule has 22 heavy (non-hydrogen) atoms. The van der Waals surface area contributed by atoms with E-state index in [0.29, 0.717) is 5.57 Å². The maximum Gasteiger partial charge on any atom is 0.334 e. The maximum atomic E-state index is 11.8. The quantitative estimate of drug-likeness (QED) is 0.526. The Morgan fingerprint density at radius 3 is 2.64 bits per heavy atom. The summed E-state index contributed by atoms with van der Waals surface area (Å²) >= 11 is 0. The van der Waals surface area contributed by atoms with Gasteiger partial charge in [-0.25, -0.2) is 9.59 Å². The van der Waals surface area contributed by atoms with Crippen LogP contribution in [0, 0.1) is 0 Å². The van der Waals surface area contributed by atoms with Gasteiger partial charge in [0.1, 0.15) is 12.2 Å². The summed E-state index contributed by atoms with van der Waals surface area (Å²) in [7, 11) is 0. The Balaban J connectivity index is 2.84. The molecule has 0 aliphatic carbocycles. The van der Waals surface area contributed by atoms with Crippen molar-refractivity contribution >= 4 is 17.7 Å². The molecule has 0 saturated carbocycles. The van der Waals surface area contributed by atoms with Crippen LogP contribution in [0.15, 0.2) is 23.8 Å². The van der Waals surface area contributed by atoms with Crippen molar-refractivity contribution in [1.82, 2.24) is 0 Å². The molecule has 0 bridgehead atoms. The lowest BCUT2D eigenvalue weighted by Crippen LogP contribution is -2.46. The first-order chi connectivity index (χ1) is 10.3. The van der Waals surface area contributed by atoms with E-state index in [9.17, 15) is 19.5 Å². The zero-order valence-corrected chi connectivity index (χ0v) is 12.7. The highest BCUT2D eigenvalue weighted by Crippen LogP contribution is 2.19. The monoisotopic (exact) mass is 312 g/mol. The number of rotatable bonds is 6. The van der Waals surface area contributed by atoms with Gasteiger partial charge in [-0.2, -0.15) is 0 Å². The Morgan fingerprint density at radius 1 is 1.45 bits per heavy atom. The standard InChI is InChI=1S/C15H20O7/c1-4-8(2)15(20)21-12-5-6-13(19)22-14(12)11(18)7-10(17)9(3)16/h4-6,9,11-12,14,16,18H,7H2,1-3H3. The number of allylic oxidation sites excluding steroid dienone is 1. The van der Waals surface area contributed by atoms with Crippen molar-refractivity contribution < 1.29 is 34.1 Å². The lowest BCUT2D eigenvalue weighted by molar-refractivity contribution is -0.171. The van der Waals surface area contributed by atoms with Gasteiger partial charge in [-0.3, -0.25) is 4.79 Å². The Kier molecular flexibility index (Phi) is 6.45. The van der Waals surface area contributed by atoms with Crippen molar-refractivity contribution in [2.24, 2.45) is 0 Å². The minimum atomic E-state index is -1.39. The fraction of sp³-hybridized carbons (Fsp3) is 0.533. The van der Waals surface area contributed by atoms with E-state index in [1.807, 2.05) is 0 Å². The van der Waals surface area contributed by atoms with Crippen molar-refractivity contribution in [3.8, 4) is 0 Å². The maximum absolute atomic E-state index is 11.8. The number of hydrogen-bond acceptors (Lipinski definition) is 7. The molecule has 7 nitrogen and oxygen atoms in total. The molecule has 7 heteroatoms. The number of esters is 2. The molecule has 4 atom stereocenters. The van der Waals surface area contributed by atoms with Crippen LogP contribution >= 0.6 is 0 Å². The third kappa shape index (κ3) is 4.78. The lowest BCUT2D eigenvalue weighted by Gasteiger charge is -2.30. The van der Waals surface area contributed by atoms with Gasteiger partial charge in [-0.15, -0.1) is 0 Å². The Labute approximate surface area is 128 Å². The minimum absolute atomic E-state index is 0.360. The van der Waals surface area contributed by atoms with Crippen molar-refractivity contribution in [2.75, 3.05) is 0 Å². The van der Waals surface area contributed by atoms with Gasteiger partial charge < -0.3 is 19.7 Å². The smallest absolute Gasteiger partial charge is 0.334 e. The molecule has 0 aromatic heterocycles. The van der Waals surface area contributed by atoms with E-state index in [1.54, 1.807) is 19.9 Å². The average Bonchev–Trinajstić information content (AvgIpc) is 2.47. The second-order valence-electron chi connectivity index (χ2n) is 5.02. The Hall–Kier alpha value is -1.99. The van der Waals surface area contributed by atoms with Gasteiger partial charge in [0.25, 0.3) is 0 Å². The van der Waals surface area contributed by atoms with Gasteiger partial charge >= 0.3 is 11.9 Å². The molecule has 0 amide bonds. The van der Waals surface area contributed by atoms with Crippen LogP contribution < -0.4 is 0 Å².